The molecule has 0 saturated carbocycles. The van der Waals surface area contributed by atoms with E-state index < -0.39 is 0 Å². The van der Waals surface area contributed by atoms with Crippen molar-refractivity contribution in [3.05, 3.63) is 56.5 Å². The summed E-state index contributed by atoms with van der Waals surface area (Å²) >= 11 is 8.02. The van der Waals surface area contributed by atoms with Crippen LogP contribution in [0.4, 0.5) is 0 Å². The lowest BCUT2D eigenvalue weighted by Gasteiger charge is -2.13. The highest BCUT2D eigenvalue weighted by Crippen LogP contribution is 2.17. The smallest absolute Gasteiger partial charge is 0.164 e. The third-order valence-corrected chi connectivity index (χ3v) is 3.41. The first-order valence-electron chi connectivity index (χ1n) is 5.38. The molecule has 0 aliphatic carbocycles. The van der Waals surface area contributed by atoms with Crippen molar-refractivity contribution in [1.29, 1.82) is 0 Å². The minimum atomic E-state index is 0.273. The molecule has 1 heterocycles. The fourth-order valence-corrected chi connectivity index (χ4v) is 2.16. The average molecular weight is 362 g/mol. The Hall–Kier alpha value is -0.520. The van der Waals surface area contributed by atoms with Crippen molar-refractivity contribution < 1.29 is 4.42 Å². The van der Waals surface area contributed by atoms with Crippen molar-refractivity contribution in [2.75, 3.05) is 0 Å². The Morgan fingerprint density at radius 2 is 1.94 bits per heavy atom. The summed E-state index contributed by atoms with van der Waals surface area (Å²) in [5.41, 5.74) is 1.22. The molecule has 0 fully saturated rings. The van der Waals surface area contributed by atoms with Crippen LogP contribution in [-0.2, 0) is 6.54 Å². The zero-order valence-corrected chi connectivity index (χ0v) is 12.3. The van der Waals surface area contributed by atoms with Crippen molar-refractivity contribution in [2.45, 2.75) is 19.5 Å². The highest BCUT2D eigenvalue weighted by molar-refractivity contribution is 14.1. The van der Waals surface area contributed by atoms with Gasteiger partial charge in [-0.2, -0.15) is 0 Å². The molecular weight excluding hydrogens is 349 g/mol. The first kappa shape index (κ1) is 12.9. The molecule has 0 aliphatic heterocycles. The summed E-state index contributed by atoms with van der Waals surface area (Å²) in [4.78, 5) is 0. The lowest BCUT2D eigenvalue weighted by Crippen LogP contribution is -2.17. The van der Waals surface area contributed by atoms with Gasteiger partial charge in [0.1, 0.15) is 5.76 Å². The van der Waals surface area contributed by atoms with Gasteiger partial charge in [0, 0.05) is 11.1 Å². The zero-order valence-electron chi connectivity index (χ0n) is 9.41. The summed E-state index contributed by atoms with van der Waals surface area (Å²) in [7, 11) is 0. The van der Waals surface area contributed by atoms with Gasteiger partial charge >= 0.3 is 0 Å². The van der Waals surface area contributed by atoms with Crippen molar-refractivity contribution in [1.82, 2.24) is 5.32 Å². The highest BCUT2D eigenvalue weighted by Gasteiger charge is 2.06. The predicted molar refractivity (Wildman–Crippen MR) is 78.1 cm³/mol. The fraction of sp³-hybridized carbons (Fsp3) is 0.231. The maximum Gasteiger partial charge on any atom is 0.164 e. The number of hydrogen-bond acceptors (Lipinski definition) is 2. The Bertz CT molecular complexity index is 480. The van der Waals surface area contributed by atoms with Crippen LogP contribution in [0, 0.1) is 3.77 Å². The number of furan rings is 1. The molecule has 4 heteroatoms. The monoisotopic (exact) mass is 361 g/mol. The van der Waals surface area contributed by atoms with E-state index in [2.05, 4.69) is 34.8 Å². The van der Waals surface area contributed by atoms with Crippen LogP contribution in [0.5, 0.6) is 0 Å². The summed E-state index contributed by atoms with van der Waals surface area (Å²) < 4.78 is 6.41. The number of benzene rings is 1. The molecule has 0 saturated heterocycles. The summed E-state index contributed by atoms with van der Waals surface area (Å²) in [6, 6.07) is 12.1. The van der Waals surface area contributed by atoms with Crippen molar-refractivity contribution >= 4 is 34.2 Å². The van der Waals surface area contributed by atoms with E-state index in [0.717, 1.165) is 21.1 Å². The number of halogens is 2. The van der Waals surface area contributed by atoms with E-state index in [1.807, 2.05) is 36.4 Å². The van der Waals surface area contributed by atoms with Gasteiger partial charge in [0.25, 0.3) is 0 Å². The largest absolute Gasteiger partial charge is 0.454 e. The molecule has 0 unspecified atom stereocenters. The lowest BCUT2D eigenvalue weighted by atomic mass is 10.1. The summed E-state index contributed by atoms with van der Waals surface area (Å²) in [5.74, 6) is 0.954. The zero-order chi connectivity index (χ0) is 12.3. The van der Waals surface area contributed by atoms with Crippen molar-refractivity contribution in [3.63, 3.8) is 0 Å². The van der Waals surface area contributed by atoms with Crippen molar-refractivity contribution in [3.8, 4) is 0 Å². The Kier molecular flexibility index (Phi) is 4.48. The van der Waals surface area contributed by atoms with Crippen LogP contribution in [0.15, 0.2) is 40.8 Å². The molecule has 1 atom stereocenters. The number of hydrogen-bond donors (Lipinski definition) is 1. The quantitative estimate of drug-likeness (QED) is 0.817. The molecule has 1 N–H and O–H groups in total. The van der Waals surface area contributed by atoms with Gasteiger partial charge in [0.15, 0.2) is 3.77 Å². The van der Waals surface area contributed by atoms with Crippen LogP contribution >= 0.6 is 34.2 Å². The third-order valence-electron chi connectivity index (χ3n) is 2.58. The Morgan fingerprint density at radius 3 is 2.53 bits per heavy atom. The molecule has 0 amide bonds. The van der Waals surface area contributed by atoms with Crippen LogP contribution in [0.3, 0.4) is 0 Å². The second-order valence-corrected chi connectivity index (χ2v) is 5.36. The lowest BCUT2D eigenvalue weighted by molar-refractivity contribution is 0.445. The normalized spacial score (nSPS) is 12.6. The summed E-state index contributed by atoms with van der Waals surface area (Å²) in [6.07, 6.45) is 0. The molecule has 1 aromatic heterocycles. The summed E-state index contributed by atoms with van der Waals surface area (Å²) in [5, 5.41) is 4.17. The van der Waals surface area contributed by atoms with Crippen LogP contribution in [-0.4, -0.2) is 0 Å². The standard InChI is InChI=1S/C13H13ClINO/c1-9(10-2-4-11(14)5-3-10)16-8-12-6-7-13(15)17-12/h2-7,9,16H,8H2,1H3/t9-/m1/s1. The molecular formula is C13H13ClINO. The Labute approximate surface area is 119 Å². The van der Waals surface area contributed by atoms with Gasteiger partial charge in [0.05, 0.1) is 6.54 Å². The van der Waals surface area contributed by atoms with Gasteiger partial charge in [-0.1, -0.05) is 23.7 Å². The van der Waals surface area contributed by atoms with Gasteiger partial charge < -0.3 is 9.73 Å². The SMILES string of the molecule is C[C@@H](NCc1ccc(I)o1)c1ccc(Cl)cc1. The predicted octanol–water partition coefficient (Wildman–Crippen LogP) is 4.39. The molecule has 2 rings (SSSR count). The first-order chi connectivity index (χ1) is 8.15. The second-order valence-electron chi connectivity index (χ2n) is 3.86. The van der Waals surface area contributed by atoms with Gasteiger partial charge in [-0.3, -0.25) is 0 Å². The van der Waals surface area contributed by atoms with E-state index in [0.29, 0.717) is 0 Å². The Morgan fingerprint density at radius 1 is 1.24 bits per heavy atom. The Balaban J connectivity index is 1.93. The number of rotatable bonds is 4. The molecule has 0 aliphatic rings. The van der Waals surface area contributed by atoms with E-state index in [9.17, 15) is 0 Å². The van der Waals surface area contributed by atoms with Crippen molar-refractivity contribution in [2.24, 2.45) is 0 Å². The molecule has 1 aromatic carbocycles. The molecule has 0 bridgehead atoms. The minimum Gasteiger partial charge on any atom is -0.454 e. The van der Waals surface area contributed by atoms with Crippen LogP contribution in [0.1, 0.15) is 24.3 Å². The van der Waals surface area contributed by atoms with Crippen LogP contribution in [0.25, 0.3) is 0 Å². The van der Waals surface area contributed by atoms with E-state index in [4.69, 9.17) is 16.0 Å². The molecule has 2 aromatic rings. The minimum absolute atomic E-state index is 0.273. The molecule has 17 heavy (non-hydrogen) atoms. The molecule has 90 valence electrons. The maximum absolute atomic E-state index is 5.86. The third kappa shape index (κ3) is 3.72. The van der Waals surface area contributed by atoms with E-state index in [1.165, 1.54) is 5.56 Å². The van der Waals surface area contributed by atoms with E-state index in [-0.39, 0.29) is 6.04 Å². The van der Waals surface area contributed by atoms with E-state index >= 15 is 0 Å². The maximum atomic E-state index is 5.86. The van der Waals surface area contributed by atoms with Gasteiger partial charge in [-0.25, -0.2) is 0 Å². The highest BCUT2D eigenvalue weighted by atomic mass is 127. The van der Waals surface area contributed by atoms with Gasteiger partial charge in [-0.05, 0) is 59.3 Å². The topological polar surface area (TPSA) is 25.2 Å². The van der Waals surface area contributed by atoms with Crippen LogP contribution < -0.4 is 5.32 Å². The van der Waals surface area contributed by atoms with Gasteiger partial charge in [-0.15, -0.1) is 0 Å². The molecule has 0 spiro atoms. The van der Waals surface area contributed by atoms with E-state index in [1.54, 1.807) is 0 Å². The average Bonchev–Trinajstić information content (AvgIpc) is 2.73. The van der Waals surface area contributed by atoms with Gasteiger partial charge in [0.2, 0.25) is 0 Å². The summed E-state index contributed by atoms with van der Waals surface area (Å²) in [6.45, 7) is 2.85. The molecule has 0 radical (unpaired) electrons. The fourth-order valence-electron chi connectivity index (χ4n) is 1.57. The second kappa shape index (κ2) is 5.89. The first-order valence-corrected chi connectivity index (χ1v) is 6.84. The number of nitrogens with one attached hydrogen (secondary N) is 1. The van der Waals surface area contributed by atoms with Crippen LogP contribution in [0.2, 0.25) is 5.02 Å². The molecule has 2 nitrogen and oxygen atoms in total.